The zero-order chi connectivity index (χ0) is 37.0. The quantitative estimate of drug-likeness (QED) is 0.171. The smallest absolute Gasteiger partial charge is 0.164 e. The first-order valence-corrected chi connectivity index (χ1v) is 19.5. The van der Waals surface area contributed by atoms with E-state index < -0.39 is 0 Å². The highest BCUT2D eigenvalue weighted by Crippen LogP contribution is 2.45. The first kappa shape index (κ1) is 32.2. The van der Waals surface area contributed by atoms with Crippen LogP contribution in [0.25, 0.3) is 110 Å². The molecule has 5 heteroatoms. The molecule has 0 saturated heterocycles. The van der Waals surface area contributed by atoms with Gasteiger partial charge in [0.15, 0.2) is 17.5 Å². The number of benzene rings is 8. The predicted molar refractivity (Wildman–Crippen MR) is 233 cm³/mol. The molecule has 3 aromatic heterocycles. The summed E-state index contributed by atoms with van der Waals surface area (Å²) in [7, 11) is 0. The summed E-state index contributed by atoms with van der Waals surface area (Å²) in [6.07, 6.45) is 0. The van der Waals surface area contributed by atoms with Gasteiger partial charge in [0, 0.05) is 53.2 Å². The number of rotatable bonds is 6. The van der Waals surface area contributed by atoms with Crippen molar-refractivity contribution < 1.29 is 4.42 Å². The molecule has 3 heterocycles. The molecule has 0 saturated carbocycles. The Balaban J connectivity index is 1.21. The zero-order valence-electron chi connectivity index (χ0n) is 30.1. The van der Waals surface area contributed by atoms with Gasteiger partial charge >= 0.3 is 0 Å². The summed E-state index contributed by atoms with van der Waals surface area (Å²) in [5, 5.41) is 4.67. The summed E-state index contributed by atoms with van der Waals surface area (Å²) in [6, 6.07) is 65.8. The Morgan fingerprint density at radius 1 is 0.321 bits per heavy atom. The molecule has 0 spiro atoms. The zero-order valence-corrected chi connectivity index (χ0v) is 30.9. The van der Waals surface area contributed by atoms with E-state index in [1.54, 1.807) is 0 Å². The number of nitrogens with zero attached hydrogens (tertiary/aromatic N) is 3. The number of aromatic nitrogens is 3. The monoisotopic (exact) mass is 733 g/mol. The van der Waals surface area contributed by atoms with Crippen molar-refractivity contribution in [3.05, 3.63) is 188 Å². The first-order chi connectivity index (χ1) is 27.7. The lowest BCUT2D eigenvalue weighted by molar-refractivity contribution is 0.669. The van der Waals surface area contributed by atoms with Gasteiger partial charge in [-0.2, -0.15) is 0 Å². The lowest BCUT2D eigenvalue weighted by Gasteiger charge is -2.19. The van der Waals surface area contributed by atoms with Gasteiger partial charge < -0.3 is 4.42 Å². The van der Waals surface area contributed by atoms with E-state index in [1.807, 2.05) is 53.8 Å². The summed E-state index contributed by atoms with van der Waals surface area (Å²) >= 11 is 1.83. The van der Waals surface area contributed by atoms with Crippen molar-refractivity contribution in [1.82, 2.24) is 15.0 Å². The molecule has 0 unspecified atom stereocenters. The van der Waals surface area contributed by atoms with E-state index in [0.29, 0.717) is 17.5 Å². The van der Waals surface area contributed by atoms with E-state index in [0.717, 1.165) is 72.0 Å². The standard InChI is InChI=1S/C51H31N3OS/c1-4-14-32(15-5-1)37-29-41(35-25-27-47-42(28-35)40-21-11-13-23-46(40)56-47)48(33-16-6-2-7-17-33)43(30-37)51-53-49(34-18-8-3-9-19-34)52-50(54-51)36-24-26-39-38-20-10-12-22-44(38)55-45(39)31-36/h1-31H. The first-order valence-electron chi connectivity index (χ1n) is 18.7. The van der Waals surface area contributed by atoms with Gasteiger partial charge in [-0.25, -0.2) is 15.0 Å². The maximum absolute atomic E-state index is 6.33. The molecule has 0 fully saturated rings. The lowest BCUT2D eigenvalue weighted by Crippen LogP contribution is -2.02. The molecule has 4 nitrogen and oxygen atoms in total. The summed E-state index contributed by atoms with van der Waals surface area (Å²) in [6.45, 7) is 0. The summed E-state index contributed by atoms with van der Waals surface area (Å²) < 4.78 is 8.89. The van der Waals surface area contributed by atoms with Crippen LogP contribution in [0.1, 0.15) is 0 Å². The van der Waals surface area contributed by atoms with E-state index >= 15 is 0 Å². The van der Waals surface area contributed by atoms with Crippen LogP contribution in [-0.4, -0.2) is 15.0 Å². The van der Waals surface area contributed by atoms with Crippen LogP contribution < -0.4 is 0 Å². The summed E-state index contributed by atoms with van der Waals surface area (Å²) in [5.41, 5.74) is 10.9. The van der Waals surface area contributed by atoms with Crippen LogP contribution in [0.4, 0.5) is 0 Å². The van der Waals surface area contributed by atoms with Crippen molar-refractivity contribution in [2.45, 2.75) is 0 Å². The van der Waals surface area contributed by atoms with E-state index in [1.165, 1.54) is 20.2 Å². The minimum absolute atomic E-state index is 0.577. The molecule has 11 aromatic rings. The van der Waals surface area contributed by atoms with Gasteiger partial charge in [-0.3, -0.25) is 0 Å². The summed E-state index contributed by atoms with van der Waals surface area (Å²) in [4.78, 5) is 15.7. The van der Waals surface area contributed by atoms with Gasteiger partial charge in [0.1, 0.15) is 11.2 Å². The van der Waals surface area contributed by atoms with E-state index in [9.17, 15) is 0 Å². The average Bonchev–Trinajstić information content (AvgIpc) is 3.84. The average molecular weight is 734 g/mol. The second kappa shape index (κ2) is 13.3. The van der Waals surface area contributed by atoms with Crippen LogP contribution in [-0.2, 0) is 0 Å². The molecule has 262 valence electrons. The fraction of sp³-hybridized carbons (Fsp3) is 0. The number of furan rings is 1. The SMILES string of the molecule is c1ccc(-c2cc(-c3ccc4sc5ccccc5c4c3)c(-c3ccccc3)c(-c3nc(-c4ccccc4)nc(-c4ccc5c(c4)oc4ccccc45)n3)c2)cc1. The fourth-order valence-corrected chi connectivity index (χ4v) is 8.95. The van der Waals surface area contributed by atoms with Gasteiger partial charge in [0.2, 0.25) is 0 Å². The molecule has 56 heavy (non-hydrogen) atoms. The Bertz CT molecular complexity index is 3240. The van der Waals surface area contributed by atoms with Gasteiger partial charge in [-0.05, 0) is 76.3 Å². The van der Waals surface area contributed by atoms with Crippen LogP contribution in [0.3, 0.4) is 0 Å². The third-order valence-corrected chi connectivity index (χ3v) is 11.7. The van der Waals surface area contributed by atoms with Crippen molar-refractivity contribution >= 4 is 53.4 Å². The number of thiophene rings is 1. The molecule has 0 N–H and O–H groups in total. The Labute approximate surface area is 327 Å². The van der Waals surface area contributed by atoms with Crippen molar-refractivity contribution in [2.24, 2.45) is 0 Å². The number of para-hydroxylation sites is 1. The molecule has 0 bridgehead atoms. The van der Waals surface area contributed by atoms with E-state index in [-0.39, 0.29) is 0 Å². The molecule has 0 aliphatic heterocycles. The second-order valence-corrected chi connectivity index (χ2v) is 15.1. The molecular formula is C51H31N3OS. The van der Waals surface area contributed by atoms with Crippen LogP contribution >= 0.6 is 11.3 Å². The highest BCUT2D eigenvalue weighted by atomic mass is 32.1. The van der Waals surface area contributed by atoms with Crippen LogP contribution in [0.15, 0.2) is 192 Å². The largest absolute Gasteiger partial charge is 0.456 e. The molecule has 0 amide bonds. The van der Waals surface area contributed by atoms with E-state index in [4.69, 9.17) is 19.4 Å². The lowest BCUT2D eigenvalue weighted by atomic mass is 9.86. The molecule has 0 aliphatic carbocycles. The molecule has 0 aliphatic rings. The van der Waals surface area contributed by atoms with Crippen LogP contribution in [0, 0.1) is 0 Å². The topological polar surface area (TPSA) is 51.8 Å². The van der Waals surface area contributed by atoms with Crippen LogP contribution in [0.2, 0.25) is 0 Å². The van der Waals surface area contributed by atoms with Crippen molar-refractivity contribution in [3.8, 4) is 67.5 Å². The van der Waals surface area contributed by atoms with Crippen molar-refractivity contribution in [2.75, 3.05) is 0 Å². The highest BCUT2D eigenvalue weighted by Gasteiger charge is 2.22. The fourth-order valence-electron chi connectivity index (χ4n) is 7.86. The Hall–Kier alpha value is -7.21. The van der Waals surface area contributed by atoms with Gasteiger partial charge in [-0.1, -0.05) is 140 Å². The second-order valence-electron chi connectivity index (χ2n) is 14.0. The Kier molecular flexibility index (Phi) is 7.64. The molecule has 0 atom stereocenters. The van der Waals surface area contributed by atoms with Crippen molar-refractivity contribution in [1.29, 1.82) is 0 Å². The molecule has 0 radical (unpaired) electrons. The third-order valence-electron chi connectivity index (χ3n) is 10.5. The number of fused-ring (bicyclic) bond motifs is 6. The molecule has 8 aromatic carbocycles. The predicted octanol–water partition coefficient (Wildman–Crippen LogP) is 14.1. The number of hydrogen-bond donors (Lipinski definition) is 0. The molecular weight excluding hydrogens is 703 g/mol. The van der Waals surface area contributed by atoms with Gasteiger partial charge in [-0.15, -0.1) is 11.3 Å². The van der Waals surface area contributed by atoms with Gasteiger partial charge in [0.05, 0.1) is 0 Å². The van der Waals surface area contributed by atoms with E-state index in [2.05, 4.69) is 146 Å². The van der Waals surface area contributed by atoms with Crippen LogP contribution in [0.5, 0.6) is 0 Å². The van der Waals surface area contributed by atoms with Crippen molar-refractivity contribution in [3.63, 3.8) is 0 Å². The highest BCUT2D eigenvalue weighted by molar-refractivity contribution is 7.25. The minimum Gasteiger partial charge on any atom is -0.456 e. The summed E-state index contributed by atoms with van der Waals surface area (Å²) in [5.74, 6) is 1.78. The normalized spacial score (nSPS) is 11.6. The third kappa shape index (κ3) is 5.56. The maximum Gasteiger partial charge on any atom is 0.164 e. The number of hydrogen-bond acceptors (Lipinski definition) is 5. The Morgan fingerprint density at radius 3 is 1.68 bits per heavy atom. The maximum atomic E-state index is 6.33. The molecule has 11 rings (SSSR count). The minimum atomic E-state index is 0.577. The Morgan fingerprint density at radius 2 is 0.893 bits per heavy atom. The van der Waals surface area contributed by atoms with Gasteiger partial charge in [0.25, 0.3) is 0 Å².